The van der Waals surface area contributed by atoms with Gasteiger partial charge in [0.05, 0.1) is 6.42 Å². The Morgan fingerprint density at radius 3 is 2.21 bits per heavy atom. The van der Waals surface area contributed by atoms with Gasteiger partial charge in [-0.15, -0.1) is 0 Å². The fraction of sp³-hybridized carbons (Fsp3) is 0.929. The highest BCUT2D eigenvalue weighted by molar-refractivity contribution is 6.71. The monoisotopic (exact) mass is 289 g/mol. The van der Waals surface area contributed by atoms with Gasteiger partial charge >= 0.3 is 5.97 Å². The van der Waals surface area contributed by atoms with Crippen molar-refractivity contribution in [1.29, 1.82) is 0 Å². The van der Waals surface area contributed by atoms with Gasteiger partial charge in [-0.05, 0) is 32.1 Å². The lowest BCUT2D eigenvalue weighted by Crippen LogP contribution is -2.27. The Labute approximate surface area is 119 Å². The Bertz CT molecular complexity index is 235. The van der Waals surface area contributed by atoms with Gasteiger partial charge in [0.15, 0.2) is 8.32 Å². The van der Waals surface area contributed by atoms with Crippen molar-refractivity contribution in [2.24, 2.45) is 0 Å². The molecule has 0 amide bonds. The van der Waals surface area contributed by atoms with Gasteiger partial charge < -0.3 is 14.8 Å². The van der Waals surface area contributed by atoms with Crippen LogP contribution in [0.25, 0.3) is 0 Å². The van der Waals surface area contributed by atoms with Crippen molar-refractivity contribution in [3.63, 3.8) is 0 Å². The zero-order valence-electron chi connectivity index (χ0n) is 12.8. The SMILES string of the molecule is CO[Si](C)(C)CCCCCCCCNCCC(=O)O. The number of aliphatic carboxylic acids is 1. The number of carboxylic acids is 1. The quantitative estimate of drug-likeness (QED) is 0.404. The Morgan fingerprint density at radius 2 is 1.63 bits per heavy atom. The first kappa shape index (κ1) is 18.6. The number of nitrogens with one attached hydrogen (secondary N) is 1. The van der Waals surface area contributed by atoms with E-state index in [1.165, 1.54) is 38.1 Å². The molecular formula is C14H31NO3Si. The molecule has 0 spiro atoms. The first-order valence-corrected chi connectivity index (χ1v) is 10.6. The Balaban J connectivity index is 3.13. The van der Waals surface area contributed by atoms with E-state index in [1.54, 1.807) is 0 Å². The van der Waals surface area contributed by atoms with E-state index in [1.807, 2.05) is 7.11 Å². The standard InChI is InChI=1S/C14H31NO3Si/c1-18-19(2,3)13-9-7-5-4-6-8-11-15-12-10-14(16)17/h15H,4-13H2,1-3H3,(H,16,17). The molecule has 0 rings (SSSR count). The number of unbranched alkanes of at least 4 members (excludes halogenated alkanes) is 5. The molecule has 0 radical (unpaired) electrons. The highest BCUT2D eigenvalue weighted by Crippen LogP contribution is 2.16. The summed E-state index contributed by atoms with van der Waals surface area (Å²) in [5.74, 6) is -0.727. The van der Waals surface area contributed by atoms with Crippen LogP contribution in [0.15, 0.2) is 0 Å². The predicted molar refractivity (Wildman–Crippen MR) is 82.1 cm³/mol. The molecule has 0 aliphatic rings. The molecule has 0 bridgehead atoms. The maximum absolute atomic E-state index is 10.3. The fourth-order valence-electron chi connectivity index (χ4n) is 1.93. The Kier molecular flexibility index (Phi) is 11.2. The van der Waals surface area contributed by atoms with E-state index in [0.717, 1.165) is 13.0 Å². The summed E-state index contributed by atoms with van der Waals surface area (Å²) in [6.45, 7) is 6.08. The summed E-state index contributed by atoms with van der Waals surface area (Å²) in [4.78, 5) is 10.3. The molecule has 0 fully saturated rings. The average Bonchev–Trinajstić information content (AvgIpc) is 2.35. The van der Waals surface area contributed by atoms with Crippen molar-refractivity contribution in [3.8, 4) is 0 Å². The molecule has 0 unspecified atom stereocenters. The van der Waals surface area contributed by atoms with Crippen molar-refractivity contribution < 1.29 is 14.3 Å². The summed E-state index contributed by atoms with van der Waals surface area (Å²) in [6, 6.07) is 1.26. The summed E-state index contributed by atoms with van der Waals surface area (Å²) in [7, 11) is 0.502. The average molecular weight is 289 g/mol. The molecular weight excluding hydrogens is 258 g/mol. The predicted octanol–water partition coefficient (Wildman–Crippen LogP) is 3.24. The topological polar surface area (TPSA) is 58.6 Å². The van der Waals surface area contributed by atoms with E-state index >= 15 is 0 Å². The molecule has 0 aromatic carbocycles. The molecule has 0 aliphatic carbocycles. The van der Waals surface area contributed by atoms with Crippen molar-refractivity contribution >= 4 is 14.3 Å². The van der Waals surface area contributed by atoms with Crippen molar-refractivity contribution in [1.82, 2.24) is 5.32 Å². The molecule has 0 saturated carbocycles. The van der Waals surface area contributed by atoms with Crippen molar-refractivity contribution in [3.05, 3.63) is 0 Å². The van der Waals surface area contributed by atoms with Crippen LogP contribution in [0.5, 0.6) is 0 Å². The van der Waals surface area contributed by atoms with Crippen LogP contribution >= 0.6 is 0 Å². The summed E-state index contributed by atoms with van der Waals surface area (Å²) in [5.41, 5.74) is 0. The third-order valence-corrected chi connectivity index (χ3v) is 6.11. The normalized spacial score (nSPS) is 11.7. The van der Waals surface area contributed by atoms with Crippen LogP contribution < -0.4 is 5.32 Å². The third kappa shape index (κ3) is 13.8. The molecule has 4 nitrogen and oxygen atoms in total. The third-order valence-electron chi connectivity index (χ3n) is 3.45. The summed E-state index contributed by atoms with van der Waals surface area (Å²) in [6.07, 6.45) is 7.82. The van der Waals surface area contributed by atoms with Gasteiger partial charge in [0.25, 0.3) is 0 Å². The molecule has 0 heterocycles. The van der Waals surface area contributed by atoms with Crippen LogP contribution in [0.3, 0.4) is 0 Å². The van der Waals surface area contributed by atoms with Crippen LogP contribution in [0, 0.1) is 0 Å². The minimum absolute atomic E-state index is 0.221. The van der Waals surface area contributed by atoms with Gasteiger partial charge in [0, 0.05) is 13.7 Å². The van der Waals surface area contributed by atoms with Crippen LogP contribution in [0.4, 0.5) is 0 Å². The van der Waals surface area contributed by atoms with E-state index in [9.17, 15) is 4.79 Å². The lowest BCUT2D eigenvalue weighted by Gasteiger charge is -2.19. The number of carbonyl (C=O) groups is 1. The largest absolute Gasteiger partial charge is 0.481 e. The second-order valence-corrected chi connectivity index (χ2v) is 10.2. The van der Waals surface area contributed by atoms with Gasteiger partial charge in [-0.25, -0.2) is 0 Å². The van der Waals surface area contributed by atoms with E-state index in [4.69, 9.17) is 9.53 Å². The zero-order valence-corrected chi connectivity index (χ0v) is 13.8. The van der Waals surface area contributed by atoms with Gasteiger partial charge in [0.1, 0.15) is 0 Å². The van der Waals surface area contributed by atoms with E-state index < -0.39 is 14.3 Å². The lowest BCUT2D eigenvalue weighted by atomic mass is 10.1. The molecule has 0 atom stereocenters. The fourth-order valence-corrected chi connectivity index (χ4v) is 3.24. The maximum Gasteiger partial charge on any atom is 0.304 e. The van der Waals surface area contributed by atoms with Gasteiger partial charge in [0.2, 0.25) is 0 Å². The minimum atomic E-state index is -1.33. The maximum atomic E-state index is 10.3. The Morgan fingerprint density at radius 1 is 1.05 bits per heavy atom. The first-order chi connectivity index (χ1) is 8.98. The molecule has 0 aromatic heterocycles. The second kappa shape index (κ2) is 11.4. The van der Waals surface area contributed by atoms with Gasteiger partial charge in [-0.2, -0.15) is 0 Å². The van der Waals surface area contributed by atoms with Crippen LogP contribution in [0.1, 0.15) is 44.9 Å². The Hall–Kier alpha value is -0.393. The summed E-state index contributed by atoms with van der Waals surface area (Å²) >= 11 is 0. The number of carboxylic acid groups (broad SMARTS) is 1. The van der Waals surface area contributed by atoms with Crippen LogP contribution in [-0.2, 0) is 9.22 Å². The number of hydrogen-bond donors (Lipinski definition) is 2. The molecule has 5 heteroatoms. The molecule has 114 valence electrons. The number of rotatable bonds is 13. The molecule has 0 aromatic rings. The molecule has 0 aliphatic heterocycles. The highest BCUT2D eigenvalue weighted by Gasteiger charge is 2.18. The molecule has 19 heavy (non-hydrogen) atoms. The van der Waals surface area contributed by atoms with E-state index in [0.29, 0.717) is 6.54 Å². The van der Waals surface area contributed by atoms with E-state index in [-0.39, 0.29) is 6.42 Å². The minimum Gasteiger partial charge on any atom is -0.481 e. The smallest absolute Gasteiger partial charge is 0.304 e. The highest BCUT2D eigenvalue weighted by atomic mass is 28.4. The molecule has 0 saturated heterocycles. The number of hydrogen-bond acceptors (Lipinski definition) is 3. The van der Waals surface area contributed by atoms with E-state index in [2.05, 4.69) is 18.4 Å². The van der Waals surface area contributed by atoms with Crippen molar-refractivity contribution in [2.45, 2.75) is 64.1 Å². The lowest BCUT2D eigenvalue weighted by molar-refractivity contribution is -0.136. The van der Waals surface area contributed by atoms with Gasteiger partial charge in [-0.1, -0.05) is 32.1 Å². The summed E-state index contributed by atoms with van der Waals surface area (Å²) < 4.78 is 5.53. The van der Waals surface area contributed by atoms with Gasteiger partial charge in [-0.3, -0.25) is 4.79 Å². The van der Waals surface area contributed by atoms with Crippen LogP contribution in [-0.4, -0.2) is 39.6 Å². The summed E-state index contributed by atoms with van der Waals surface area (Å²) in [5, 5.41) is 11.6. The van der Waals surface area contributed by atoms with Crippen molar-refractivity contribution in [2.75, 3.05) is 20.2 Å². The second-order valence-electron chi connectivity index (χ2n) is 5.73. The van der Waals surface area contributed by atoms with Crippen LogP contribution in [0.2, 0.25) is 19.1 Å². The molecule has 2 N–H and O–H groups in total. The first-order valence-electron chi connectivity index (χ1n) is 7.45. The zero-order chi connectivity index (χ0) is 14.6.